The van der Waals surface area contributed by atoms with Gasteiger partial charge in [0, 0.05) is 35.0 Å². The van der Waals surface area contributed by atoms with Gasteiger partial charge in [0.2, 0.25) is 5.95 Å². The minimum absolute atomic E-state index is 0.238. The van der Waals surface area contributed by atoms with E-state index in [4.69, 9.17) is 10.2 Å². The summed E-state index contributed by atoms with van der Waals surface area (Å²) in [7, 11) is 0. The molecule has 0 saturated carbocycles. The number of aryl methyl sites for hydroxylation is 2. The highest BCUT2D eigenvalue weighted by Gasteiger charge is 2.24. The molecular weight excluding hydrogens is 558 g/mol. The third-order valence-corrected chi connectivity index (χ3v) is 6.62. The standard InChI is InChI=1S/C26H22FIN6O/c1-14-13-35-24-20(14)8-17(9-21(24)27)22-10-23(33-15(2)32-22)34-26(3,28)19-6-4-5-16(7-19)18-11-30-25(29)31-12-18/h4-13H,1-3H3,(H2,29,30,31)(H,32,33,34). The molecule has 0 spiro atoms. The summed E-state index contributed by atoms with van der Waals surface area (Å²) >= 11 is 2.35. The van der Waals surface area contributed by atoms with E-state index in [1.807, 2.05) is 44.2 Å². The molecule has 0 saturated heterocycles. The van der Waals surface area contributed by atoms with Gasteiger partial charge >= 0.3 is 0 Å². The molecule has 0 aliphatic rings. The quantitative estimate of drug-likeness (QED) is 0.141. The second-order valence-corrected chi connectivity index (χ2v) is 10.6. The molecule has 7 nitrogen and oxygen atoms in total. The third-order valence-electron chi connectivity index (χ3n) is 5.73. The largest absolute Gasteiger partial charge is 0.461 e. The van der Waals surface area contributed by atoms with Crippen molar-refractivity contribution in [1.82, 2.24) is 19.9 Å². The van der Waals surface area contributed by atoms with Gasteiger partial charge in [-0.3, -0.25) is 0 Å². The maximum absolute atomic E-state index is 14.7. The molecule has 0 aliphatic carbocycles. The Kier molecular flexibility index (Phi) is 5.87. The molecule has 0 fully saturated rings. The van der Waals surface area contributed by atoms with Crippen molar-refractivity contribution in [2.24, 2.45) is 0 Å². The predicted molar refractivity (Wildman–Crippen MR) is 144 cm³/mol. The number of aromatic nitrogens is 4. The molecule has 0 bridgehead atoms. The lowest BCUT2D eigenvalue weighted by Gasteiger charge is -2.26. The van der Waals surface area contributed by atoms with Gasteiger partial charge in [-0.2, -0.15) is 0 Å². The SMILES string of the molecule is Cc1nc(NC(C)(I)c2cccc(-c3cnc(N)nc3)c2)cc(-c2cc(F)c3occ(C)c3c2)n1. The molecule has 176 valence electrons. The summed E-state index contributed by atoms with van der Waals surface area (Å²) in [6.45, 7) is 5.77. The van der Waals surface area contributed by atoms with Crippen LogP contribution in [0.2, 0.25) is 0 Å². The first-order valence-corrected chi connectivity index (χ1v) is 12.0. The first-order chi connectivity index (χ1) is 16.7. The molecule has 3 N–H and O–H groups in total. The van der Waals surface area contributed by atoms with E-state index < -0.39 is 9.36 Å². The second kappa shape index (κ2) is 8.88. The van der Waals surface area contributed by atoms with Crippen LogP contribution >= 0.6 is 22.6 Å². The van der Waals surface area contributed by atoms with Crippen LogP contribution in [0.1, 0.15) is 23.9 Å². The number of nitrogen functional groups attached to an aromatic ring is 1. The van der Waals surface area contributed by atoms with E-state index in [9.17, 15) is 4.39 Å². The van der Waals surface area contributed by atoms with Crippen LogP contribution in [0, 0.1) is 19.7 Å². The number of anilines is 2. The van der Waals surface area contributed by atoms with Gasteiger partial charge in [-0.05, 0) is 78.3 Å². The second-order valence-electron chi connectivity index (χ2n) is 8.48. The highest BCUT2D eigenvalue weighted by atomic mass is 127. The lowest BCUT2D eigenvalue weighted by atomic mass is 10.0. The Morgan fingerprint density at radius 1 is 1.00 bits per heavy atom. The fourth-order valence-corrected chi connectivity index (χ4v) is 4.55. The smallest absolute Gasteiger partial charge is 0.219 e. The van der Waals surface area contributed by atoms with Crippen LogP contribution < -0.4 is 11.1 Å². The Balaban J connectivity index is 1.48. The number of nitrogens with one attached hydrogen (secondary N) is 1. The molecule has 3 heterocycles. The highest BCUT2D eigenvalue weighted by Crippen LogP contribution is 2.36. The van der Waals surface area contributed by atoms with E-state index in [-0.39, 0.29) is 11.5 Å². The highest BCUT2D eigenvalue weighted by molar-refractivity contribution is 14.1. The fourth-order valence-electron chi connectivity index (χ4n) is 3.93. The maximum Gasteiger partial charge on any atom is 0.219 e. The van der Waals surface area contributed by atoms with E-state index in [0.29, 0.717) is 22.9 Å². The van der Waals surface area contributed by atoms with Crippen molar-refractivity contribution in [3.63, 3.8) is 0 Å². The van der Waals surface area contributed by atoms with Gasteiger partial charge < -0.3 is 15.5 Å². The Morgan fingerprint density at radius 3 is 2.54 bits per heavy atom. The van der Waals surface area contributed by atoms with E-state index in [2.05, 4.69) is 60.8 Å². The van der Waals surface area contributed by atoms with Gasteiger partial charge in [-0.25, -0.2) is 24.3 Å². The number of hydrogen-bond donors (Lipinski definition) is 2. The van der Waals surface area contributed by atoms with Crippen LogP contribution in [0.5, 0.6) is 0 Å². The van der Waals surface area contributed by atoms with Crippen LogP contribution in [-0.4, -0.2) is 19.9 Å². The van der Waals surface area contributed by atoms with Crippen LogP contribution in [0.25, 0.3) is 33.4 Å². The first kappa shape index (κ1) is 23.2. The van der Waals surface area contributed by atoms with Gasteiger partial charge in [0.25, 0.3) is 0 Å². The predicted octanol–water partition coefficient (Wildman–Crippen LogP) is 6.40. The number of benzene rings is 2. The first-order valence-electron chi connectivity index (χ1n) is 10.9. The van der Waals surface area contributed by atoms with Gasteiger partial charge in [0.15, 0.2) is 11.4 Å². The molecule has 5 aromatic rings. The number of nitrogens with zero attached hydrogens (tertiary/aromatic N) is 4. The van der Waals surface area contributed by atoms with Crippen LogP contribution in [0.15, 0.2) is 65.5 Å². The van der Waals surface area contributed by atoms with Crippen LogP contribution in [0.3, 0.4) is 0 Å². The Morgan fingerprint density at radius 2 is 1.77 bits per heavy atom. The molecule has 5 rings (SSSR count). The summed E-state index contributed by atoms with van der Waals surface area (Å²) in [5, 5.41) is 4.23. The lowest BCUT2D eigenvalue weighted by molar-refractivity contribution is 0.559. The summed E-state index contributed by atoms with van der Waals surface area (Å²) in [5.41, 5.74) is 10.9. The van der Waals surface area contributed by atoms with Crippen molar-refractivity contribution >= 4 is 45.3 Å². The number of alkyl halides is 1. The lowest BCUT2D eigenvalue weighted by Crippen LogP contribution is -2.25. The molecule has 0 radical (unpaired) electrons. The van der Waals surface area contributed by atoms with Gasteiger partial charge in [0.1, 0.15) is 15.2 Å². The zero-order valence-corrected chi connectivity index (χ0v) is 21.5. The van der Waals surface area contributed by atoms with Crippen molar-refractivity contribution < 1.29 is 8.81 Å². The van der Waals surface area contributed by atoms with Crippen LogP contribution in [-0.2, 0) is 3.55 Å². The number of fused-ring (bicyclic) bond motifs is 1. The van der Waals surface area contributed by atoms with Gasteiger partial charge in [-0.15, -0.1) is 0 Å². The number of hydrogen-bond acceptors (Lipinski definition) is 7. The van der Waals surface area contributed by atoms with Gasteiger partial charge in [0.05, 0.1) is 12.0 Å². The Labute approximate surface area is 215 Å². The third kappa shape index (κ3) is 4.68. The fraction of sp³-hybridized carbons (Fsp3) is 0.154. The molecule has 0 aliphatic heterocycles. The van der Waals surface area contributed by atoms with Crippen molar-refractivity contribution in [1.29, 1.82) is 0 Å². The molecular formula is C26H22FIN6O. The molecule has 2 aromatic carbocycles. The number of halogens is 2. The average Bonchev–Trinajstić information content (AvgIpc) is 3.20. The summed E-state index contributed by atoms with van der Waals surface area (Å²) in [6.07, 6.45) is 4.97. The minimum atomic E-state index is -0.503. The van der Waals surface area contributed by atoms with E-state index in [0.717, 1.165) is 27.6 Å². The number of rotatable bonds is 5. The van der Waals surface area contributed by atoms with E-state index in [1.54, 1.807) is 18.7 Å². The molecule has 0 amide bonds. The Hall–Kier alpha value is -3.60. The summed E-state index contributed by atoms with van der Waals surface area (Å²) in [5.74, 6) is 1.03. The van der Waals surface area contributed by atoms with Crippen LogP contribution in [0.4, 0.5) is 16.2 Å². The van der Waals surface area contributed by atoms with Crippen molar-refractivity contribution in [3.05, 3.63) is 83.9 Å². The van der Waals surface area contributed by atoms with Gasteiger partial charge in [-0.1, -0.05) is 18.2 Å². The topological polar surface area (TPSA) is 103 Å². The summed E-state index contributed by atoms with van der Waals surface area (Å²) in [4.78, 5) is 17.3. The molecule has 35 heavy (non-hydrogen) atoms. The van der Waals surface area contributed by atoms with Crippen molar-refractivity contribution in [2.75, 3.05) is 11.1 Å². The zero-order valence-electron chi connectivity index (χ0n) is 19.3. The Bertz CT molecular complexity index is 1550. The molecule has 1 unspecified atom stereocenters. The van der Waals surface area contributed by atoms with Crippen molar-refractivity contribution in [2.45, 2.75) is 24.3 Å². The number of furan rings is 1. The summed E-state index contributed by atoms with van der Waals surface area (Å²) < 4.78 is 19.5. The van der Waals surface area contributed by atoms with E-state index in [1.165, 1.54) is 6.07 Å². The normalized spacial score (nSPS) is 13.1. The summed E-state index contributed by atoms with van der Waals surface area (Å²) in [6, 6.07) is 13.3. The maximum atomic E-state index is 14.7. The van der Waals surface area contributed by atoms with E-state index >= 15 is 0 Å². The average molecular weight is 580 g/mol. The molecule has 3 aromatic heterocycles. The monoisotopic (exact) mass is 580 g/mol. The minimum Gasteiger partial charge on any atom is -0.461 e. The van der Waals surface area contributed by atoms with Crippen molar-refractivity contribution in [3.8, 4) is 22.4 Å². The number of nitrogens with two attached hydrogens (primary N) is 1. The zero-order chi connectivity index (χ0) is 24.7. The molecule has 9 heteroatoms. The molecule has 1 atom stereocenters.